The molecule has 1 N–H and O–H groups in total. The monoisotopic (exact) mass is 219 g/mol. The Bertz CT molecular complexity index is 394. The van der Waals surface area contributed by atoms with Crippen LogP contribution < -0.4 is 5.32 Å². The molecule has 2 aromatic rings. The largest absolute Gasteiger partial charge is 0.313 e. The highest BCUT2D eigenvalue weighted by Crippen LogP contribution is 2.17. The van der Waals surface area contributed by atoms with Gasteiger partial charge in [0.15, 0.2) is 5.82 Å². The van der Waals surface area contributed by atoms with Crippen LogP contribution in [0.25, 0.3) is 11.4 Å². The van der Waals surface area contributed by atoms with E-state index >= 15 is 0 Å². The van der Waals surface area contributed by atoms with Crippen LogP contribution in [0.1, 0.15) is 12.5 Å². The van der Waals surface area contributed by atoms with E-state index in [-0.39, 0.29) is 0 Å². The lowest BCUT2D eigenvalue weighted by Gasteiger charge is -2.01. The van der Waals surface area contributed by atoms with E-state index in [2.05, 4.69) is 27.6 Å². The molecule has 0 saturated carbocycles. The second kappa shape index (κ2) is 5.00. The van der Waals surface area contributed by atoms with Gasteiger partial charge in [0.05, 0.1) is 0 Å². The lowest BCUT2D eigenvalue weighted by molar-refractivity contribution is 0.721. The summed E-state index contributed by atoms with van der Waals surface area (Å²) < 4.78 is 0. The molecule has 2 aromatic heterocycles. The number of thiophene rings is 1. The maximum absolute atomic E-state index is 4.33. The first-order chi connectivity index (χ1) is 7.40. The Hall–Kier alpha value is -1.26. The van der Waals surface area contributed by atoms with Crippen molar-refractivity contribution in [3.8, 4) is 11.4 Å². The van der Waals surface area contributed by atoms with Crippen molar-refractivity contribution in [3.05, 3.63) is 34.8 Å². The number of nitrogens with one attached hydrogen (secondary N) is 1. The summed E-state index contributed by atoms with van der Waals surface area (Å²) in [4.78, 5) is 8.66. The minimum atomic E-state index is 0.802. The molecular weight excluding hydrogens is 206 g/mol. The number of aromatic nitrogens is 2. The molecule has 2 rings (SSSR count). The molecule has 0 spiro atoms. The molecule has 0 saturated heterocycles. The first-order valence-electron chi connectivity index (χ1n) is 4.94. The van der Waals surface area contributed by atoms with Crippen molar-refractivity contribution in [1.29, 1.82) is 0 Å². The molecule has 0 amide bonds. The summed E-state index contributed by atoms with van der Waals surface area (Å²) in [5.41, 5.74) is 2.21. The normalized spacial score (nSPS) is 10.5. The Morgan fingerprint density at radius 3 is 2.73 bits per heavy atom. The molecule has 0 bridgehead atoms. The van der Waals surface area contributed by atoms with Gasteiger partial charge >= 0.3 is 0 Å². The lowest BCUT2D eigenvalue weighted by atomic mass is 10.3. The summed E-state index contributed by atoms with van der Waals surface area (Å²) >= 11 is 1.66. The van der Waals surface area contributed by atoms with Gasteiger partial charge in [0.2, 0.25) is 0 Å². The van der Waals surface area contributed by atoms with E-state index < -0.39 is 0 Å². The summed E-state index contributed by atoms with van der Waals surface area (Å²) in [5, 5.41) is 7.33. The maximum Gasteiger partial charge on any atom is 0.159 e. The maximum atomic E-state index is 4.33. The Kier molecular flexibility index (Phi) is 3.42. The summed E-state index contributed by atoms with van der Waals surface area (Å²) in [6.07, 6.45) is 3.76. The Morgan fingerprint density at radius 1 is 1.33 bits per heavy atom. The Morgan fingerprint density at radius 2 is 2.13 bits per heavy atom. The Labute approximate surface area is 93.2 Å². The fourth-order valence-electron chi connectivity index (χ4n) is 1.26. The van der Waals surface area contributed by atoms with Crippen LogP contribution in [0.15, 0.2) is 29.2 Å². The van der Waals surface area contributed by atoms with Gasteiger partial charge in [-0.3, -0.25) is 0 Å². The molecule has 0 aliphatic heterocycles. The number of hydrogen-bond acceptors (Lipinski definition) is 4. The van der Waals surface area contributed by atoms with E-state index in [9.17, 15) is 0 Å². The average molecular weight is 219 g/mol. The lowest BCUT2D eigenvalue weighted by Crippen LogP contribution is -2.12. The fourth-order valence-corrected chi connectivity index (χ4v) is 1.89. The van der Waals surface area contributed by atoms with Crippen LogP contribution in [0.5, 0.6) is 0 Å². The summed E-state index contributed by atoms with van der Waals surface area (Å²) in [5.74, 6) is 0.802. The standard InChI is InChI=1S/C11H13N3S/c1-2-12-5-9-6-13-11(14-7-9)10-3-4-15-8-10/h3-4,6-8,12H,2,5H2,1H3. The van der Waals surface area contributed by atoms with Crippen molar-refractivity contribution in [3.63, 3.8) is 0 Å². The summed E-state index contributed by atoms with van der Waals surface area (Å²) in [7, 11) is 0. The zero-order valence-corrected chi connectivity index (χ0v) is 9.42. The summed E-state index contributed by atoms with van der Waals surface area (Å²) in [6, 6.07) is 2.03. The average Bonchev–Trinajstić information content (AvgIpc) is 2.80. The molecule has 0 aliphatic rings. The quantitative estimate of drug-likeness (QED) is 0.857. The molecule has 0 aromatic carbocycles. The topological polar surface area (TPSA) is 37.8 Å². The summed E-state index contributed by atoms with van der Waals surface area (Å²) in [6.45, 7) is 3.88. The van der Waals surface area contributed by atoms with Gasteiger partial charge in [-0.05, 0) is 18.0 Å². The Balaban J connectivity index is 2.11. The predicted octanol–water partition coefficient (Wildman–Crippen LogP) is 2.31. The van der Waals surface area contributed by atoms with Crippen LogP contribution in [-0.2, 0) is 6.54 Å². The highest BCUT2D eigenvalue weighted by atomic mass is 32.1. The van der Waals surface area contributed by atoms with E-state index in [0.29, 0.717) is 0 Å². The first kappa shape index (κ1) is 10.3. The van der Waals surface area contributed by atoms with Crippen LogP contribution in [0.3, 0.4) is 0 Å². The van der Waals surface area contributed by atoms with Crippen molar-refractivity contribution in [2.24, 2.45) is 0 Å². The zero-order chi connectivity index (χ0) is 10.5. The van der Waals surface area contributed by atoms with Crippen LogP contribution >= 0.6 is 11.3 Å². The van der Waals surface area contributed by atoms with Crippen LogP contribution in [-0.4, -0.2) is 16.5 Å². The molecule has 0 aliphatic carbocycles. The molecule has 0 unspecified atom stereocenters. The van der Waals surface area contributed by atoms with Crippen LogP contribution in [0, 0.1) is 0 Å². The van der Waals surface area contributed by atoms with E-state index in [0.717, 1.165) is 30.0 Å². The van der Waals surface area contributed by atoms with Gasteiger partial charge in [-0.1, -0.05) is 6.92 Å². The minimum Gasteiger partial charge on any atom is -0.313 e. The molecule has 0 fully saturated rings. The van der Waals surface area contributed by atoms with Crippen LogP contribution in [0.2, 0.25) is 0 Å². The predicted molar refractivity (Wildman–Crippen MR) is 62.7 cm³/mol. The highest BCUT2D eigenvalue weighted by Gasteiger charge is 2.00. The minimum absolute atomic E-state index is 0.802. The van der Waals surface area contributed by atoms with E-state index in [4.69, 9.17) is 0 Å². The molecule has 15 heavy (non-hydrogen) atoms. The molecule has 4 heteroatoms. The van der Waals surface area contributed by atoms with Gasteiger partial charge in [-0.15, -0.1) is 0 Å². The molecule has 3 nitrogen and oxygen atoms in total. The van der Waals surface area contributed by atoms with Gasteiger partial charge in [0.1, 0.15) is 0 Å². The van der Waals surface area contributed by atoms with Crippen molar-refractivity contribution in [2.75, 3.05) is 6.54 Å². The van der Waals surface area contributed by atoms with Gasteiger partial charge in [-0.25, -0.2) is 9.97 Å². The van der Waals surface area contributed by atoms with E-state index in [1.54, 1.807) is 11.3 Å². The van der Waals surface area contributed by atoms with Gasteiger partial charge in [0, 0.05) is 35.4 Å². The van der Waals surface area contributed by atoms with Crippen molar-refractivity contribution < 1.29 is 0 Å². The van der Waals surface area contributed by atoms with Crippen molar-refractivity contribution >= 4 is 11.3 Å². The van der Waals surface area contributed by atoms with Crippen LogP contribution in [0.4, 0.5) is 0 Å². The van der Waals surface area contributed by atoms with Gasteiger partial charge < -0.3 is 5.32 Å². The number of nitrogens with zero attached hydrogens (tertiary/aromatic N) is 2. The van der Waals surface area contributed by atoms with Gasteiger partial charge in [0.25, 0.3) is 0 Å². The second-order valence-corrected chi connectivity index (χ2v) is 3.99. The third-order valence-corrected chi connectivity index (χ3v) is 2.75. The van der Waals surface area contributed by atoms with Gasteiger partial charge in [-0.2, -0.15) is 11.3 Å². The third-order valence-electron chi connectivity index (χ3n) is 2.06. The highest BCUT2D eigenvalue weighted by molar-refractivity contribution is 7.08. The fraction of sp³-hybridized carbons (Fsp3) is 0.273. The molecular formula is C11H13N3S. The van der Waals surface area contributed by atoms with E-state index in [1.807, 2.05) is 23.8 Å². The second-order valence-electron chi connectivity index (χ2n) is 3.21. The van der Waals surface area contributed by atoms with Crippen molar-refractivity contribution in [1.82, 2.24) is 15.3 Å². The zero-order valence-electron chi connectivity index (χ0n) is 8.60. The van der Waals surface area contributed by atoms with E-state index in [1.165, 1.54) is 0 Å². The van der Waals surface area contributed by atoms with Crippen molar-refractivity contribution in [2.45, 2.75) is 13.5 Å². The molecule has 2 heterocycles. The number of hydrogen-bond donors (Lipinski definition) is 1. The number of rotatable bonds is 4. The SMILES string of the molecule is CCNCc1cnc(-c2ccsc2)nc1. The molecule has 78 valence electrons. The molecule has 0 atom stereocenters. The first-order valence-corrected chi connectivity index (χ1v) is 5.88. The third kappa shape index (κ3) is 2.61. The molecule has 0 radical (unpaired) electrons. The smallest absolute Gasteiger partial charge is 0.159 e.